The third-order valence-corrected chi connectivity index (χ3v) is 3.69. The molecule has 0 heterocycles. The average Bonchev–Trinajstić information content (AvgIpc) is 2.54. The molecule has 24 heavy (non-hydrogen) atoms. The number of nitrogens with one attached hydrogen (secondary N) is 1. The number of hydrogen-bond donors (Lipinski definition) is 1. The van der Waals surface area contributed by atoms with Crippen LogP contribution in [0.1, 0.15) is 11.1 Å². The lowest BCUT2D eigenvalue weighted by atomic mass is 10.1. The number of nitro benzene ring substituents is 1. The highest BCUT2D eigenvalue weighted by Crippen LogP contribution is 2.22. The fourth-order valence-corrected chi connectivity index (χ4v) is 2.42. The van der Waals surface area contributed by atoms with Crippen LogP contribution in [-0.4, -0.2) is 10.8 Å². The average molecular weight is 386 g/mol. The fraction of sp³-hybridized carbons (Fsp3) is 0.0588. The third kappa shape index (κ3) is 4.27. The molecule has 0 aliphatic carbocycles. The number of carbonyl (C=O) groups is 1. The molecular weight excluding hydrogens is 374 g/mol. The molecule has 0 spiro atoms. The smallest absolute Gasteiger partial charge is 0.269 e. The quantitative estimate of drug-likeness (QED) is 0.368. The van der Waals surface area contributed by atoms with E-state index >= 15 is 0 Å². The van der Waals surface area contributed by atoms with Crippen LogP contribution in [0.5, 0.6) is 0 Å². The van der Waals surface area contributed by atoms with Gasteiger partial charge in [-0.05, 0) is 42.3 Å². The first-order valence-corrected chi connectivity index (χ1v) is 7.64. The monoisotopic (exact) mass is 385 g/mol. The van der Waals surface area contributed by atoms with E-state index in [4.69, 9.17) is 0 Å². The number of rotatable bonds is 4. The molecule has 7 heteroatoms. The van der Waals surface area contributed by atoms with Crippen LogP contribution in [0.25, 0.3) is 6.08 Å². The van der Waals surface area contributed by atoms with Gasteiger partial charge in [-0.15, -0.1) is 0 Å². The fourth-order valence-electron chi connectivity index (χ4n) is 2.00. The molecule has 0 aliphatic rings. The maximum Gasteiger partial charge on any atom is 0.269 e. The van der Waals surface area contributed by atoms with Gasteiger partial charge in [0.15, 0.2) is 0 Å². The summed E-state index contributed by atoms with van der Waals surface area (Å²) in [5, 5.41) is 22.5. The summed E-state index contributed by atoms with van der Waals surface area (Å²) in [5.74, 6) is -0.575. The summed E-state index contributed by atoms with van der Waals surface area (Å²) in [6.45, 7) is 1.65. The van der Waals surface area contributed by atoms with E-state index in [0.717, 1.165) is 4.47 Å². The lowest BCUT2D eigenvalue weighted by Crippen LogP contribution is -2.14. The summed E-state index contributed by atoms with van der Waals surface area (Å²) in [4.78, 5) is 22.5. The Morgan fingerprint density at radius 2 is 2.08 bits per heavy atom. The van der Waals surface area contributed by atoms with E-state index in [-0.39, 0.29) is 11.3 Å². The van der Waals surface area contributed by atoms with Crippen LogP contribution in [0.15, 0.2) is 52.5 Å². The topological polar surface area (TPSA) is 96.0 Å². The normalized spacial score (nSPS) is 10.8. The van der Waals surface area contributed by atoms with Crippen molar-refractivity contribution in [3.05, 3.63) is 73.8 Å². The minimum Gasteiger partial charge on any atom is -0.321 e. The van der Waals surface area contributed by atoms with E-state index in [1.807, 2.05) is 12.1 Å². The van der Waals surface area contributed by atoms with E-state index in [1.165, 1.54) is 24.3 Å². The van der Waals surface area contributed by atoms with Crippen molar-refractivity contribution in [3.8, 4) is 6.07 Å². The molecule has 0 saturated heterocycles. The van der Waals surface area contributed by atoms with Gasteiger partial charge in [-0.3, -0.25) is 14.9 Å². The van der Waals surface area contributed by atoms with E-state index in [9.17, 15) is 20.2 Å². The summed E-state index contributed by atoms with van der Waals surface area (Å²) in [5.41, 5.74) is 1.54. The summed E-state index contributed by atoms with van der Waals surface area (Å²) >= 11 is 3.33. The zero-order valence-corrected chi connectivity index (χ0v) is 14.2. The molecule has 0 radical (unpaired) electrons. The second-order valence-corrected chi connectivity index (χ2v) is 5.85. The lowest BCUT2D eigenvalue weighted by molar-refractivity contribution is -0.384. The largest absolute Gasteiger partial charge is 0.321 e. The molecule has 2 aromatic carbocycles. The molecular formula is C17H12BrN3O3. The van der Waals surface area contributed by atoms with E-state index in [1.54, 1.807) is 25.1 Å². The van der Waals surface area contributed by atoms with Crippen molar-refractivity contribution in [3.63, 3.8) is 0 Å². The molecule has 6 nitrogen and oxygen atoms in total. The second kappa shape index (κ2) is 7.53. The molecule has 2 aromatic rings. The molecule has 0 aromatic heterocycles. The van der Waals surface area contributed by atoms with Crippen LogP contribution < -0.4 is 5.32 Å². The Kier molecular flexibility index (Phi) is 5.45. The highest BCUT2D eigenvalue weighted by molar-refractivity contribution is 9.10. The minimum atomic E-state index is -0.575. The molecule has 0 bridgehead atoms. The molecule has 0 saturated carbocycles. The molecule has 120 valence electrons. The van der Waals surface area contributed by atoms with Gasteiger partial charge >= 0.3 is 0 Å². The van der Waals surface area contributed by atoms with Gasteiger partial charge in [-0.25, -0.2) is 0 Å². The zero-order chi connectivity index (χ0) is 17.7. The van der Waals surface area contributed by atoms with Crippen LogP contribution in [0.3, 0.4) is 0 Å². The Balaban J connectivity index is 2.24. The van der Waals surface area contributed by atoms with Crippen molar-refractivity contribution in [2.24, 2.45) is 0 Å². The van der Waals surface area contributed by atoms with Crippen LogP contribution in [0, 0.1) is 28.4 Å². The van der Waals surface area contributed by atoms with Crippen LogP contribution >= 0.6 is 15.9 Å². The van der Waals surface area contributed by atoms with Crippen molar-refractivity contribution in [2.45, 2.75) is 6.92 Å². The summed E-state index contributed by atoms with van der Waals surface area (Å²) < 4.78 is 0.833. The number of carbonyl (C=O) groups excluding carboxylic acids is 1. The van der Waals surface area contributed by atoms with Gasteiger partial charge in [-0.1, -0.05) is 28.1 Å². The van der Waals surface area contributed by atoms with Crippen LogP contribution in [0.4, 0.5) is 11.4 Å². The number of halogens is 1. The van der Waals surface area contributed by atoms with Gasteiger partial charge in [0.25, 0.3) is 11.6 Å². The molecule has 0 aliphatic heterocycles. The Morgan fingerprint density at radius 1 is 1.33 bits per heavy atom. The summed E-state index contributed by atoms with van der Waals surface area (Å²) in [6.07, 6.45) is 1.47. The van der Waals surface area contributed by atoms with Gasteiger partial charge in [0, 0.05) is 22.3 Å². The number of nitriles is 1. The first kappa shape index (κ1) is 17.4. The van der Waals surface area contributed by atoms with Crippen molar-refractivity contribution >= 4 is 39.3 Å². The van der Waals surface area contributed by atoms with Crippen LogP contribution in [0.2, 0.25) is 0 Å². The Hall–Kier alpha value is -2.98. The van der Waals surface area contributed by atoms with E-state index < -0.39 is 10.8 Å². The zero-order valence-electron chi connectivity index (χ0n) is 12.6. The van der Waals surface area contributed by atoms with Gasteiger partial charge in [0.1, 0.15) is 11.6 Å². The summed E-state index contributed by atoms with van der Waals surface area (Å²) in [7, 11) is 0. The number of non-ortho nitro benzene ring substituents is 1. The Labute approximate surface area is 146 Å². The van der Waals surface area contributed by atoms with Crippen molar-refractivity contribution < 1.29 is 9.72 Å². The van der Waals surface area contributed by atoms with Crippen LogP contribution in [-0.2, 0) is 4.79 Å². The predicted octanol–water partition coefficient (Wildman–Crippen LogP) is 4.21. The molecule has 0 atom stereocenters. The SMILES string of the molecule is Cc1cc([N+](=O)[O-])ccc1NC(=O)C(C#N)=Cc1cccc(Br)c1. The number of anilines is 1. The number of amides is 1. The number of aryl methyl sites for hydroxylation is 1. The van der Waals surface area contributed by atoms with Gasteiger partial charge in [0.05, 0.1) is 4.92 Å². The molecule has 2 rings (SSSR count). The molecule has 1 N–H and O–H groups in total. The molecule has 1 amide bonds. The van der Waals surface area contributed by atoms with E-state index in [2.05, 4.69) is 21.2 Å². The number of benzene rings is 2. The van der Waals surface area contributed by atoms with E-state index in [0.29, 0.717) is 16.8 Å². The Bertz CT molecular complexity index is 885. The van der Waals surface area contributed by atoms with Gasteiger partial charge in [0.2, 0.25) is 0 Å². The Morgan fingerprint density at radius 3 is 2.67 bits per heavy atom. The first-order chi connectivity index (χ1) is 11.4. The first-order valence-electron chi connectivity index (χ1n) is 6.84. The lowest BCUT2D eigenvalue weighted by Gasteiger charge is -2.07. The molecule has 0 unspecified atom stereocenters. The highest BCUT2D eigenvalue weighted by Gasteiger charge is 2.13. The standard InChI is InChI=1S/C17H12BrN3O3/c1-11-7-15(21(23)24)5-6-16(11)20-17(22)13(10-19)8-12-3-2-4-14(18)9-12/h2-9H,1H3,(H,20,22). The highest BCUT2D eigenvalue weighted by atomic mass is 79.9. The molecule has 0 fully saturated rings. The van der Waals surface area contributed by atoms with Gasteiger partial charge in [-0.2, -0.15) is 5.26 Å². The van der Waals surface area contributed by atoms with Gasteiger partial charge < -0.3 is 5.32 Å². The number of nitrogens with zero attached hydrogens (tertiary/aromatic N) is 2. The second-order valence-electron chi connectivity index (χ2n) is 4.94. The number of nitro groups is 1. The predicted molar refractivity (Wildman–Crippen MR) is 94.2 cm³/mol. The third-order valence-electron chi connectivity index (χ3n) is 3.19. The van der Waals surface area contributed by atoms with Crippen molar-refractivity contribution in [1.29, 1.82) is 5.26 Å². The minimum absolute atomic E-state index is 0.0596. The maximum absolute atomic E-state index is 12.3. The number of hydrogen-bond acceptors (Lipinski definition) is 4. The van der Waals surface area contributed by atoms with Crippen molar-refractivity contribution in [2.75, 3.05) is 5.32 Å². The van der Waals surface area contributed by atoms with Crippen molar-refractivity contribution in [1.82, 2.24) is 0 Å². The maximum atomic E-state index is 12.3. The summed E-state index contributed by atoms with van der Waals surface area (Å²) in [6, 6.07) is 13.1.